The van der Waals surface area contributed by atoms with Crippen LogP contribution in [0.3, 0.4) is 0 Å². The van der Waals surface area contributed by atoms with E-state index in [0.717, 1.165) is 18.0 Å². The highest BCUT2D eigenvalue weighted by Crippen LogP contribution is 2.31. The number of halogens is 1. The normalized spacial score (nSPS) is 48.3. The molecule has 0 aromatic heterocycles. The Balaban J connectivity index is 2.01. The second-order valence-electron chi connectivity index (χ2n) is 3.05. The average molecular weight is 238 g/mol. The van der Waals surface area contributed by atoms with Gasteiger partial charge in [-0.05, 0) is 25.3 Å². The Hall–Kier alpha value is 0.650. The summed E-state index contributed by atoms with van der Waals surface area (Å²) in [6.45, 7) is 1.24. The molecule has 1 saturated carbocycles. The third kappa shape index (κ3) is 0.991. The minimum absolute atomic E-state index is 0.803. The van der Waals surface area contributed by atoms with Crippen LogP contribution in [0, 0.1) is 5.92 Å². The molecule has 2 aliphatic rings. The lowest BCUT2D eigenvalue weighted by atomic mass is 10.1. The van der Waals surface area contributed by atoms with Crippen molar-refractivity contribution in [3.05, 3.63) is 0 Å². The highest BCUT2D eigenvalue weighted by molar-refractivity contribution is 14.1. The maximum Gasteiger partial charge on any atom is 0.0219 e. The van der Waals surface area contributed by atoms with Crippen LogP contribution in [-0.2, 0) is 0 Å². The van der Waals surface area contributed by atoms with E-state index in [1.54, 1.807) is 0 Å². The second kappa shape index (κ2) is 2.36. The van der Waals surface area contributed by atoms with Crippen molar-refractivity contribution in [3.63, 3.8) is 0 Å². The van der Waals surface area contributed by atoms with E-state index in [-0.39, 0.29) is 0 Å². The Labute approximate surface area is 69.3 Å². The molecule has 0 aromatic rings. The third-order valence-corrected chi connectivity index (χ3v) is 3.30. The molecule has 0 aromatic carbocycles. The molecule has 3 atom stereocenters. The first-order chi connectivity index (χ1) is 4.40. The molecule has 2 fully saturated rings. The first-order valence-corrected chi connectivity index (χ1v) is 4.57. The molecule has 0 amide bonds. The van der Waals surface area contributed by atoms with Crippen LogP contribution in [0.1, 0.15) is 12.8 Å². The zero-order valence-corrected chi connectivity index (χ0v) is 7.39. The fraction of sp³-hybridized carbons (Fsp3) is 1.00. The number of fused-ring (bicyclic) bond motifs is 2. The van der Waals surface area contributed by atoms with Crippen molar-refractivity contribution in [3.8, 4) is 0 Å². The monoisotopic (exact) mass is 238 g/mol. The van der Waals surface area contributed by atoms with Gasteiger partial charge in [-0.2, -0.15) is 0 Å². The molecule has 3 heteroatoms. The quantitative estimate of drug-likeness (QED) is 0.518. The maximum absolute atomic E-state index is 3.48. The van der Waals surface area contributed by atoms with E-state index < -0.39 is 0 Å². The van der Waals surface area contributed by atoms with Crippen molar-refractivity contribution in [2.45, 2.75) is 24.9 Å². The Morgan fingerprint density at radius 1 is 1.44 bits per heavy atom. The second-order valence-corrected chi connectivity index (χ2v) is 3.68. The van der Waals surface area contributed by atoms with Crippen molar-refractivity contribution >= 4 is 22.9 Å². The van der Waals surface area contributed by atoms with E-state index in [2.05, 4.69) is 31.7 Å². The standard InChI is InChI=1S/C6H11IN2/c7-9-6-2-5-1-4(6)3-8-5/h4-6,8-9H,1-3H2/t4-,5-,6+/m1/s1. The fourth-order valence-corrected chi connectivity index (χ4v) is 2.73. The van der Waals surface area contributed by atoms with Gasteiger partial charge in [-0.3, -0.25) is 3.53 Å². The molecule has 0 radical (unpaired) electrons. The van der Waals surface area contributed by atoms with Gasteiger partial charge in [0.25, 0.3) is 0 Å². The summed E-state index contributed by atoms with van der Waals surface area (Å²) in [5.74, 6) is 0.923. The van der Waals surface area contributed by atoms with Crippen molar-refractivity contribution in [1.29, 1.82) is 0 Å². The summed E-state index contributed by atoms with van der Waals surface area (Å²) in [6.07, 6.45) is 2.74. The van der Waals surface area contributed by atoms with Crippen LogP contribution in [0.15, 0.2) is 0 Å². The average Bonchev–Trinajstić information content (AvgIpc) is 2.45. The van der Waals surface area contributed by atoms with Crippen molar-refractivity contribution in [1.82, 2.24) is 8.85 Å². The lowest BCUT2D eigenvalue weighted by molar-refractivity contribution is 0.426. The van der Waals surface area contributed by atoms with E-state index in [4.69, 9.17) is 0 Å². The van der Waals surface area contributed by atoms with Gasteiger partial charge in [-0.1, -0.05) is 0 Å². The SMILES string of the molecule is IN[C@H]1C[C@H]2C[C@@H]1CN2. The van der Waals surface area contributed by atoms with Crippen LogP contribution >= 0.6 is 22.9 Å². The molecule has 9 heavy (non-hydrogen) atoms. The molecule has 1 saturated heterocycles. The predicted molar refractivity (Wildman–Crippen MR) is 45.5 cm³/mol. The first-order valence-electron chi connectivity index (χ1n) is 3.49. The van der Waals surface area contributed by atoms with Crippen LogP contribution in [0.5, 0.6) is 0 Å². The summed E-state index contributed by atoms with van der Waals surface area (Å²) < 4.78 is 3.33. The van der Waals surface area contributed by atoms with Crippen LogP contribution in [0.4, 0.5) is 0 Å². The summed E-state index contributed by atoms with van der Waals surface area (Å²) >= 11 is 2.27. The molecule has 1 aliphatic carbocycles. The van der Waals surface area contributed by atoms with Crippen LogP contribution in [0.25, 0.3) is 0 Å². The first kappa shape index (κ1) is 6.37. The molecule has 1 aliphatic heterocycles. The number of nitrogens with one attached hydrogen (secondary N) is 2. The van der Waals surface area contributed by atoms with Gasteiger partial charge in [-0.15, -0.1) is 0 Å². The summed E-state index contributed by atoms with van der Waals surface area (Å²) in [4.78, 5) is 0. The summed E-state index contributed by atoms with van der Waals surface area (Å²) in [7, 11) is 0. The van der Waals surface area contributed by atoms with Gasteiger partial charge in [0, 0.05) is 34.9 Å². The number of rotatable bonds is 1. The molecule has 2 rings (SSSR count). The molecule has 2 N–H and O–H groups in total. The highest BCUT2D eigenvalue weighted by atomic mass is 127. The minimum Gasteiger partial charge on any atom is -0.314 e. The van der Waals surface area contributed by atoms with Crippen LogP contribution in [-0.4, -0.2) is 18.6 Å². The zero-order valence-electron chi connectivity index (χ0n) is 5.23. The van der Waals surface area contributed by atoms with E-state index >= 15 is 0 Å². The van der Waals surface area contributed by atoms with E-state index in [9.17, 15) is 0 Å². The minimum atomic E-state index is 0.803. The smallest absolute Gasteiger partial charge is 0.0219 e. The Morgan fingerprint density at radius 3 is 2.67 bits per heavy atom. The molecule has 2 nitrogen and oxygen atoms in total. The largest absolute Gasteiger partial charge is 0.314 e. The summed E-state index contributed by atoms with van der Waals surface area (Å²) in [5, 5.41) is 3.48. The molecule has 0 spiro atoms. The fourth-order valence-electron chi connectivity index (χ4n) is 1.97. The molecular weight excluding hydrogens is 227 g/mol. The molecule has 0 unspecified atom stereocenters. The van der Waals surface area contributed by atoms with Crippen LogP contribution in [0.2, 0.25) is 0 Å². The topological polar surface area (TPSA) is 24.1 Å². The van der Waals surface area contributed by atoms with E-state index in [1.165, 1.54) is 19.4 Å². The zero-order chi connectivity index (χ0) is 6.27. The maximum atomic E-state index is 3.48. The lowest BCUT2D eigenvalue weighted by Crippen LogP contribution is -2.37. The van der Waals surface area contributed by atoms with Crippen LogP contribution < -0.4 is 8.85 Å². The Bertz CT molecular complexity index is 118. The summed E-state index contributed by atoms with van der Waals surface area (Å²) in [5.41, 5.74) is 0. The van der Waals surface area contributed by atoms with Crippen molar-refractivity contribution in [2.75, 3.05) is 6.54 Å². The van der Waals surface area contributed by atoms with Gasteiger partial charge in [0.2, 0.25) is 0 Å². The molecule has 1 heterocycles. The number of piperidine rings is 1. The van der Waals surface area contributed by atoms with Crippen molar-refractivity contribution < 1.29 is 0 Å². The highest BCUT2D eigenvalue weighted by Gasteiger charge is 2.38. The molecule has 52 valence electrons. The van der Waals surface area contributed by atoms with E-state index in [1.807, 2.05) is 0 Å². The summed E-state index contributed by atoms with van der Waals surface area (Å²) in [6, 6.07) is 1.64. The van der Waals surface area contributed by atoms with Gasteiger partial charge in [0.15, 0.2) is 0 Å². The lowest BCUT2D eigenvalue weighted by Gasteiger charge is -2.20. The number of hydrogen-bond donors (Lipinski definition) is 2. The molecule has 2 bridgehead atoms. The number of hydrogen-bond acceptors (Lipinski definition) is 2. The third-order valence-electron chi connectivity index (χ3n) is 2.50. The predicted octanol–water partition coefficient (Wildman–Crippen LogP) is 0.676. The van der Waals surface area contributed by atoms with Gasteiger partial charge in [0.1, 0.15) is 0 Å². The molecular formula is C6H11IN2. The Morgan fingerprint density at radius 2 is 2.33 bits per heavy atom. The van der Waals surface area contributed by atoms with Gasteiger partial charge >= 0.3 is 0 Å². The van der Waals surface area contributed by atoms with Crippen molar-refractivity contribution in [2.24, 2.45) is 5.92 Å². The van der Waals surface area contributed by atoms with Gasteiger partial charge < -0.3 is 5.32 Å². The Kier molecular flexibility index (Phi) is 1.67. The van der Waals surface area contributed by atoms with E-state index in [0.29, 0.717) is 0 Å². The van der Waals surface area contributed by atoms with Gasteiger partial charge in [-0.25, -0.2) is 0 Å². The van der Waals surface area contributed by atoms with Gasteiger partial charge in [0.05, 0.1) is 0 Å².